The van der Waals surface area contributed by atoms with Crippen LogP contribution in [0.3, 0.4) is 0 Å². The fraction of sp³-hybridized carbons (Fsp3) is 0.316. The standard InChI is InChI=1S/C19H25N3O3S.ClH/c1-13-7-8-14(2)18(11-13)26(24,25)22-17-6-4-5-16(12-17)19(23)21-10-9-15(3)20;/h4-8,11-12,15,22H,9-10,20H2,1-3H3,(H,21,23);1H. The van der Waals surface area contributed by atoms with Gasteiger partial charge in [0.25, 0.3) is 15.9 Å². The summed E-state index contributed by atoms with van der Waals surface area (Å²) < 4.78 is 27.9. The molecule has 1 amide bonds. The second-order valence-corrected chi connectivity index (χ2v) is 8.13. The highest BCUT2D eigenvalue weighted by Gasteiger charge is 2.17. The minimum Gasteiger partial charge on any atom is -0.352 e. The van der Waals surface area contributed by atoms with E-state index in [4.69, 9.17) is 5.73 Å². The molecular weight excluding hydrogens is 386 g/mol. The van der Waals surface area contributed by atoms with Crippen molar-refractivity contribution >= 4 is 34.0 Å². The number of aryl methyl sites for hydroxylation is 2. The van der Waals surface area contributed by atoms with E-state index in [1.54, 1.807) is 37.3 Å². The Hall–Kier alpha value is -2.09. The van der Waals surface area contributed by atoms with Crippen LogP contribution in [-0.2, 0) is 10.0 Å². The second-order valence-electron chi connectivity index (χ2n) is 6.48. The molecule has 1 unspecified atom stereocenters. The van der Waals surface area contributed by atoms with E-state index in [1.165, 1.54) is 6.07 Å². The Morgan fingerprint density at radius 3 is 2.52 bits per heavy atom. The smallest absolute Gasteiger partial charge is 0.262 e. The molecule has 4 N–H and O–H groups in total. The molecular formula is C19H26ClN3O3S. The van der Waals surface area contributed by atoms with Crippen LogP contribution in [-0.4, -0.2) is 26.9 Å². The summed E-state index contributed by atoms with van der Waals surface area (Å²) in [7, 11) is -3.74. The lowest BCUT2D eigenvalue weighted by molar-refractivity contribution is 0.0953. The van der Waals surface area contributed by atoms with Crippen molar-refractivity contribution in [1.29, 1.82) is 0 Å². The van der Waals surface area contributed by atoms with Crippen LogP contribution in [0.5, 0.6) is 0 Å². The maximum absolute atomic E-state index is 12.7. The second kappa shape index (κ2) is 9.73. The Morgan fingerprint density at radius 2 is 1.85 bits per heavy atom. The van der Waals surface area contributed by atoms with Gasteiger partial charge < -0.3 is 11.1 Å². The summed E-state index contributed by atoms with van der Waals surface area (Å²) >= 11 is 0. The van der Waals surface area contributed by atoms with E-state index in [0.717, 1.165) is 5.56 Å². The van der Waals surface area contributed by atoms with Crippen molar-refractivity contribution in [2.45, 2.75) is 38.1 Å². The van der Waals surface area contributed by atoms with Gasteiger partial charge in [0.2, 0.25) is 0 Å². The third-order valence-electron chi connectivity index (χ3n) is 3.90. The number of amides is 1. The molecule has 2 aromatic rings. The summed E-state index contributed by atoms with van der Waals surface area (Å²) in [6.45, 7) is 5.92. The molecule has 0 bridgehead atoms. The van der Waals surface area contributed by atoms with Gasteiger partial charge >= 0.3 is 0 Å². The first-order valence-electron chi connectivity index (χ1n) is 8.43. The Kier molecular flexibility index (Phi) is 8.27. The Balaban J connectivity index is 0.00000364. The molecule has 27 heavy (non-hydrogen) atoms. The normalized spacial score (nSPS) is 12.0. The van der Waals surface area contributed by atoms with Crippen LogP contribution in [0.15, 0.2) is 47.4 Å². The van der Waals surface area contributed by atoms with E-state index >= 15 is 0 Å². The van der Waals surface area contributed by atoms with Gasteiger partial charge in [0.1, 0.15) is 0 Å². The average molecular weight is 412 g/mol. The first-order chi connectivity index (χ1) is 12.2. The average Bonchev–Trinajstić information content (AvgIpc) is 2.56. The molecule has 0 fully saturated rings. The number of carbonyl (C=O) groups excluding carboxylic acids is 1. The molecule has 8 heteroatoms. The maximum atomic E-state index is 12.7. The van der Waals surface area contributed by atoms with E-state index in [2.05, 4.69) is 10.0 Å². The van der Waals surface area contributed by atoms with Gasteiger partial charge in [0.05, 0.1) is 4.90 Å². The molecule has 2 aromatic carbocycles. The van der Waals surface area contributed by atoms with E-state index in [0.29, 0.717) is 29.8 Å². The quantitative estimate of drug-likeness (QED) is 0.651. The van der Waals surface area contributed by atoms with E-state index in [9.17, 15) is 13.2 Å². The van der Waals surface area contributed by atoms with Crippen molar-refractivity contribution in [2.24, 2.45) is 5.73 Å². The summed E-state index contributed by atoms with van der Waals surface area (Å²) in [4.78, 5) is 12.4. The predicted octanol–water partition coefficient (Wildman–Crippen LogP) is 2.99. The van der Waals surface area contributed by atoms with Gasteiger partial charge in [-0.05, 0) is 62.6 Å². The van der Waals surface area contributed by atoms with Crippen LogP contribution in [0, 0.1) is 13.8 Å². The minimum atomic E-state index is -3.74. The SMILES string of the molecule is Cc1ccc(C)c(S(=O)(=O)Nc2cccc(C(=O)NCCC(C)N)c2)c1.Cl. The van der Waals surface area contributed by atoms with Gasteiger partial charge in [-0.1, -0.05) is 18.2 Å². The molecule has 0 spiro atoms. The number of rotatable bonds is 7. The zero-order chi connectivity index (χ0) is 19.3. The van der Waals surface area contributed by atoms with Crippen molar-refractivity contribution in [3.8, 4) is 0 Å². The van der Waals surface area contributed by atoms with Gasteiger partial charge in [-0.3, -0.25) is 9.52 Å². The number of hydrogen-bond donors (Lipinski definition) is 3. The molecule has 6 nitrogen and oxygen atoms in total. The number of benzene rings is 2. The Morgan fingerprint density at radius 1 is 1.15 bits per heavy atom. The fourth-order valence-corrected chi connectivity index (χ4v) is 3.83. The predicted molar refractivity (Wildman–Crippen MR) is 111 cm³/mol. The van der Waals surface area contributed by atoms with Crippen LogP contribution in [0.25, 0.3) is 0 Å². The number of sulfonamides is 1. The summed E-state index contributed by atoms with van der Waals surface area (Å²) in [6, 6.07) is 11.7. The number of hydrogen-bond acceptors (Lipinski definition) is 4. The highest BCUT2D eigenvalue weighted by molar-refractivity contribution is 7.92. The third kappa shape index (κ3) is 6.53. The first kappa shape index (κ1) is 23.0. The molecule has 148 valence electrons. The van der Waals surface area contributed by atoms with Crippen LogP contribution in [0.1, 0.15) is 34.8 Å². The number of nitrogens with one attached hydrogen (secondary N) is 2. The van der Waals surface area contributed by atoms with Gasteiger partial charge in [0.15, 0.2) is 0 Å². The minimum absolute atomic E-state index is 0. The molecule has 0 heterocycles. The van der Waals surface area contributed by atoms with Crippen LogP contribution in [0.4, 0.5) is 5.69 Å². The number of halogens is 1. The van der Waals surface area contributed by atoms with Gasteiger partial charge in [-0.25, -0.2) is 8.42 Å². The molecule has 2 rings (SSSR count). The number of nitrogens with two attached hydrogens (primary N) is 1. The van der Waals surface area contributed by atoms with Crippen molar-refractivity contribution < 1.29 is 13.2 Å². The molecule has 0 saturated heterocycles. The van der Waals surface area contributed by atoms with Gasteiger partial charge in [-0.15, -0.1) is 12.4 Å². The molecule has 0 aromatic heterocycles. The van der Waals surface area contributed by atoms with E-state index in [1.807, 2.05) is 19.9 Å². The summed E-state index contributed by atoms with van der Waals surface area (Å²) in [5.41, 5.74) is 7.90. The third-order valence-corrected chi connectivity index (χ3v) is 5.42. The highest BCUT2D eigenvalue weighted by atomic mass is 35.5. The maximum Gasteiger partial charge on any atom is 0.262 e. The fourth-order valence-electron chi connectivity index (χ4n) is 2.45. The lowest BCUT2D eigenvalue weighted by atomic mass is 10.2. The molecule has 0 saturated carbocycles. The van der Waals surface area contributed by atoms with Gasteiger partial charge in [0, 0.05) is 23.8 Å². The zero-order valence-corrected chi connectivity index (χ0v) is 17.3. The van der Waals surface area contributed by atoms with Crippen molar-refractivity contribution in [3.63, 3.8) is 0 Å². The summed E-state index contributed by atoms with van der Waals surface area (Å²) in [5, 5.41) is 2.77. The molecule has 0 aliphatic carbocycles. The van der Waals surface area contributed by atoms with E-state index in [-0.39, 0.29) is 29.3 Å². The first-order valence-corrected chi connectivity index (χ1v) is 9.91. The van der Waals surface area contributed by atoms with Crippen molar-refractivity contribution in [2.75, 3.05) is 11.3 Å². The van der Waals surface area contributed by atoms with Crippen LogP contribution >= 0.6 is 12.4 Å². The monoisotopic (exact) mass is 411 g/mol. The summed E-state index contributed by atoms with van der Waals surface area (Å²) in [6.07, 6.45) is 0.671. The highest BCUT2D eigenvalue weighted by Crippen LogP contribution is 2.21. The van der Waals surface area contributed by atoms with E-state index < -0.39 is 10.0 Å². The molecule has 0 aliphatic heterocycles. The van der Waals surface area contributed by atoms with Gasteiger partial charge in [-0.2, -0.15) is 0 Å². The van der Waals surface area contributed by atoms with Crippen molar-refractivity contribution in [3.05, 3.63) is 59.2 Å². The van der Waals surface area contributed by atoms with Crippen LogP contribution < -0.4 is 15.8 Å². The topological polar surface area (TPSA) is 101 Å². The number of anilines is 1. The largest absolute Gasteiger partial charge is 0.352 e. The van der Waals surface area contributed by atoms with Crippen LogP contribution in [0.2, 0.25) is 0 Å². The number of carbonyl (C=O) groups is 1. The molecule has 0 aliphatic rings. The molecule has 0 radical (unpaired) electrons. The lowest BCUT2D eigenvalue weighted by Crippen LogP contribution is -2.29. The lowest BCUT2D eigenvalue weighted by Gasteiger charge is -2.12. The Labute approximate surface area is 167 Å². The summed E-state index contributed by atoms with van der Waals surface area (Å²) in [5.74, 6) is -0.265. The zero-order valence-electron chi connectivity index (χ0n) is 15.7. The molecule has 1 atom stereocenters. The van der Waals surface area contributed by atoms with Crippen molar-refractivity contribution in [1.82, 2.24) is 5.32 Å². The Bertz CT molecular complexity index is 899.